The molecule has 1 saturated heterocycles. The van der Waals surface area contributed by atoms with E-state index < -0.39 is 11.2 Å². The third kappa shape index (κ3) is 5.62. The number of ether oxygens (including phenoxy) is 1. The number of benzene rings is 2. The quantitative estimate of drug-likeness (QED) is 0.486. The molecule has 1 unspecified atom stereocenters. The molecule has 2 aliphatic rings. The Bertz CT molecular complexity index is 1420. The van der Waals surface area contributed by atoms with Crippen molar-refractivity contribution in [3.8, 4) is 0 Å². The number of carbonyl (C=O) groups is 2. The molecule has 5 rings (SSSR count). The first kappa shape index (κ1) is 25.7. The molecule has 1 aromatic heterocycles. The van der Waals surface area contributed by atoms with E-state index in [2.05, 4.69) is 5.10 Å². The van der Waals surface area contributed by atoms with Gasteiger partial charge in [-0.2, -0.15) is 5.10 Å². The van der Waals surface area contributed by atoms with Gasteiger partial charge in [0, 0.05) is 38.0 Å². The van der Waals surface area contributed by atoms with Crippen LogP contribution in [0.25, 0.3) is 11.0 Å². The molecule has 2 amide bonds. The van der Waals surface area contributed by atoms with Crippen molar-refractivity contribution in [2.24, 2.45) is 5.10 Å². The number of rotatable bonds is 4. The molecule has 2 aliphatic heterocycles. The summed E-state index contributed by atoms with van der Waals surface area (Å²) in [5.74, 6) is -0.162. The summed E-state index contributed by atoms with van der Waals surface area (Å²) in [6, 6.07) is 18.5. The molecule has 3 aromatic rings. The molecule has 1 atom stereocenters. The van der Waals surface area contributed by atoms with Crippen LogP contribution in [0.15, 0.2) is 75.0 Å². The summed E-state index contributed by atoms with van der Waals surface area (Å²) in [6.45, 7) is 7.77. The van der Waals surface area contributed by atoms with Crippen LogP contribution in [0.2, 0.25) is 0 Å². The van der Waals surface area contributed by atoms with Crippen LogP contribution in [-0.4, -0.2) is 70.8 Å². The second-order valence-corrected chi connectivity index (χ2v) is 10.6. The van der Waals surface area contributed by atoms with E-state index in [9.17, 15) is 14.4 Å². The number of hydrogen-bond acceptors (Lipinski definition) is 7. The monoisotopic (exact) mass is 516 g/mol. The maximum atomic E-state index is 13.5. The average Bonchev–Trinajstić information content (AvgIpc) is 3.34. The van der Waals surface area contributed by atoms with Crippen LogP contribution in [0.4, 0.5) is 4.79 Å². The maximum Gasteiger partial charge on any atom is 0.410 e. The van der Waals surface area contributed by atoms with Crippen molar-refractivity contribution in [3.63, 3.8) is 0 Å². The second kappa shape index (κ2) is 10.4. The highest BCUT2D eigenvalue weighted by atomic mass is 16.6. The van der Waals surface area contributed by atoms with Crippen LogP contribution in [0, 0.1) is 0 Å². The average molecular weight is 517 g/mol. The lowest BCUT2D eigenvalue weighted by atomic mass is 9.98. The number of carbonyl (C=O) groups excluding carboxylic acids is 2. The van der Waals surface area contributed by atoms with Gasteiger partial charge in [0.25, 0.3) is 5.91 Å². The molecular weight excluding hydrogens is 484 g/mol. The maximum absolute atomic E-state index is 13.5. The number of hydrogen-bond donors (Lipinski definition) is 0. The highest BCUT2D eigenvalue weighted by Crippen LogP contribution is 2.33. The molecule has 198 valence electrons. The summed E-state index contributed by atoms with van der Waals surface area (Å²) < 4.78 is 11.0. The normalized spacial score (nSPS) is 18.5. The van der Waals surface area contributed by atoms with E-state index in [1.54, 1.807) is 17.0 Å². The largest absolute Gasteiger partial charge is 0.444 e. The third-order valence-electron chi connectivity index (χ3n) is 6.69. The molecule has 0 spiro atoms. The molecule has 1 fully saturated rings. The third-order valence-corrected chi connectivity index (χ3v) is 6.69. The van der Waals surface area contributed by atoms with Crippen molar-refractivity contribution in [3.05, 3.63) is 82.2 Å². The van der Waals surface area contributed by atoms with Gasteiger partial charge < -0.3 is 14.1 Å². The Morgan fingerprint density at radius 1 is 1.00 bits per heavy atom. The molecule has 2 aromatic carbocycles. The van der Waals surface area contributed by atoms with E-state index >= 15 is 0 Å². The lowest BCUT2D eigenvalue weighted by Gasteiger charge is -2.35. The molecule has 9 heteroatoms. The number of piperazine rings is 1. The van der Waals surface area contributed by atoms with Crippen LogP contribution in [0.5, 0.6) is 0 Å². The molecule has 0 bridgehead atoms. The highest BCUT2D eigenvalue weighted by molar-refractivity contribution is 6.04. The Morgan fingerprint density at radius 3 is 2.39 bits per heavy atom. The van der Waals surface area contributed by atoms with Gasteiger partial charge in [0.1, 0.15) is 11.2 Å². The van der Waals surface area contributed by atoms with Crippen molar-refractivity contribution < 1.29 is 18.7 Å². The van der Waals surface area contributed by atoms with Crippen LogP contribution in [0.3, 0.4) is 0 Å². The minimum absolute atomic E-state index is 0.161. The number of nitrogens with zero attached hydrogens (tertiary/aromatic N) is 4. The predicted molar refractivity (Wildman–Crippen MR) is 144 cm³/mol. The fraction of sp³-hybridized carbons (Fsp3) is 0.379. The highest BCUT2D eigenvalue weighted by Gasteiger charge is 2.35. The topological polar surface area (TPSA) is 95.7 Å². The summed E-state index contributed by atoms with van der Waals surface area (Å²) in [6.07, 6.45) is 0.0706. The van der Waals surface area contributed by atoms with Gasteiger partial charge in [0.2, 0.25) is 0 Å². The Kier molecular flexibility index (Phi) is 7.03. The minimum Gasteiger partial charge on any atom is -0.444 e. The van der Waals surface area contributed by atoms with Crippen molar-refractivity contribution in [2.75, 3.05) is 32.7 Å². The lowest BCUT2D eigenvalue weighted by molar-refractivity contribution is -0.134. The predicted octanol–water partition coefficient (Wildman–Crippen LogP) is 4.02. The standard InChI is InChI=1S/C29H32N4O5/c1-29(2,3)38-28(36)32-15-13-31(14-16-32)19-26(34)33-24(20-9-5-4-6-10-20)18-23(30-33)22-17-21-11-7-8-12-25(21)37-27(22)35/h4-12,17,24H,13-16,18-19H2,1-3H3. The Morgan fingerprint density at radius 2 is 1.68 bits per heavy atom. The zero-order valence-electron chi connectivity index (χ0n) is 21.9. The SMILES string of the molecule is CC(C)(C)OC(=O)N1CCN(CC(=O)N2N=C(c3cc4ccccc4oc3=O)CC2c2ccccc2)CC1. The van der Waals surface area contributed by atoms with Gasteiger partial charge in [-0.15, -0.1) is 0 Å². The number of hydrazone groups is 1. The fourth-order valence-corrected chi connectivity index (χ4v) is 4.78. The molecule has 38 heavy (non-hydrogen) atoms. The van der Waals surface area contributed by atoms with Crippen molar-refractivity contribution >= 4 is 28.7 Å². The Hall–Kier alpha value is -3.98. The van der Waals surface area contributed by atoms with Gasteiger partial charge >= 0.3 is 11.7 Å². The molecule has 0 saturated carbocycles. The first-order chi connectivity index (χ1) is 18.2. The smallest absolute Gasteiger partial charge is 0.410 e. The van der Waals surface area contributed by atoms with E-state index in [-0.39, 0.29) is 24.6 Å². The van der Waals surface area contributed by atoms with Gasteiger partial charge in [-0.05, 0) is 38.5 Å². The molecule has 0 radical (unpaired) electrons. The summed E-state index contributed by atoms with van der Waals surface area (Å²) in [4.78, 5) is 42.5. The summed E-state index contributed by atoms with van der Waals surface area (Å²) in [5.41, 5.74) is 1.33. The Balaban J connectivity index is 1.34. The van der Waals surface area contributed by atoms with Gasteiger partial charge in [-0.25, -0.2) is 14.6 Å². The number of para-hydroxylation sites is 1. The number of fused-ring (bicyclic) bond motifs is 1. The zero-order chi connectivity index (χ0) is 26.9. The van der Waals surface area contributed by atoms with Crippen LogP contribution in [-0.2, 0) is 9.53 Å². The van der Waals surface area contributed by atoms with E-state index in [0.717, 1.165) is 10.9 Å². The minimum atomic E-state index is -0.551. The van der Waals surface area contributed by atoms with E-state index in [4.69, 9.17) is 9.15 Å². The van der Waals surface area contributed by atoms with E-state index in [1.807, 2.05) is 74.2 Å². The molecule has 3 heterocycles. The molecule has 9 nitrogen and oxygen atoms in total. The molecule has 0 aliphatic carbocycles. The van der Waals surface area contributed by atoms with Gasteiger partial charge in [-0.3, -0.25) is 9.69 Å². The number of amides is 2. The van der Waals surface area contributed by atoms with E-state index in [0.29, 0.717) is 49.5 Å². The summed E-state index contributed by atoms with van der Waals surface area (Å²) in [7, 11) is 0. The van der Waals surface area contributed by atoms with Crippen molar-refractivity contribution in [1.82, 2.24) is 14.8 Å². The van der Waals surface area contributed by atoms with Gasteiger partial charge in [0.05, 0.1) is 23.9 Å². The van der Waals surface area contributed by atoms with E-state index in [1.165, 1.54) is 5.01 Å². The molecule has 0 N–H and O–H groups in total. The fourth-order valence-electron chi connectivity index (χ4n) is 4.78. The first-order valence-corrected chi connectivity index (χ1v) is 12.9. The Labute approximate surface area is 221 Å². The van der Waals surface area contributed by atoms with Crippen LogP contribution >= 0.6 is 0 Å². The summed E-state index contributed by atoms with van der Waals surface area (Å²) >= 11 is 0. The van der Waals surface area contributed by atoms with Crippen molar-refractivity contribution in [2.45, 2.75) is 38.8 Å². The lowest BCUT2D eigenvalue weighted by Crippen LogP contribution is -2.52. The van der Waals surface area contributed by atoms with Gasteiger partial charge in [0.15, 0.2) is 0 Å². The zero-order valence-corrected chi connectivity index (χ0v) is 21.9. The van der Waals surface area contributed by atoms with Crippen LogP contribution in [0.1, 0.15) is 44.4 Å². The van der Waals surface area contributed by atoms with Gasteiger partial charge in [-0.1, -0.05) is 48.5 Å². The van der Waals surface area contributed by atoms with Crippen molar-refractivity contribution in [1.29, 1.82) is 0 Å². The second-order valence-electron chi connectivity index (χ2n) is 10.6. The van der Waals surface area contributed by atoms with Crippen LogP contribution < -0.4 is 5.63 Å². The molecular formula is C29H32N4O5. The first-order valence-electron chi connectivity index (χ1n) is 12.9. The summed E-state index contributed by atoms with van der Waals surface area (Å²) in [5, 5.41) is 6.96.